The van der Waals surface area contributed by atoms with E-state index in [1.54, 1.807) is 0 Å². The van der Waals surface area contributed by atoms with Gasteiger partial charge in [-0.3, -0.25) is 11.3 Å². The molecule has 118 valence electrons. The van der Waals surface area contributed by atoms with Crippen molar-refractivity contribution in [2.45, 2.75) is 58.1 Å². The van der Waals surface area contributed by atoms with Crippen LogP contribution in [0.4, 0.5) is 0 Å². The lowest BCUT2D eigenvalue weighted by Gasteiger charge is -2.33. The van der Waals surface area contributed by atoms with Gasteiger partial charge in [-0.1, -0.05) is 51.7 Å². The molecule has 0 bridgehead atoms. The van der Waals surface area contributed by atoms with Gasteiger partial charge in [0.25, 0.3) is 0 Å². The molecular weight excluding hydrogens is 264 g/mol. The van der Waals surface area contributed by atoms with E-state index in [4.69, 9.17) is 15.3 Å². The van der Waals surface area contributed by atoms with Gasteiger partial charge < -0.3 is 9.47 Å². The highest BCUT2D eigenvalue weighted by atomic mass is 16.6. The zero-order chi connectivity index (χ0) is 15.1. The summed E-state index contributed by atoms with van der Waals surface area (Å²) in [5, 5.41) is 0. The molecule has 3 N–H and O–H groups in total. The summed E-state index contributed by atoms with van der Waals surface area (Å²) >= 11 is 0. The lowest BCUT2D eigenvalue weighted by atomic mass is 9.90. The third kappa shape index (κ3) is 4.35. The van der Waals surface area contributed by atoms with Crippen molar-refractivity contribution in [1.82, 2.24) is 5.43 Å². The fourth-order valence-electron chi connectivity index (χ4n) is 2.90. The summed E-state index contributed by atoms with van der Waals surface area (Å²) in [6, 6.07) is 7.93. The van der Waals surface area contributed by atoms with E-state index in [9.17, 15) is 0 Å². The molecule has 0 spiro atoms. The van der Waals surface area contributed by atoms with E-state index >= 15 is 0 Å². The monoisotopic (exact) mass is 292 g/mol. The molecule has 0 amide bonds. The second-order valence-corrected chi connectivity index (χ2v) is 5.84. The first-order valence-corrected chi connectivity index (χ1v) is 8.13. The minimum Gasteiger partial charge on any atom is -0.486 e. The zero-order valence-electron chi connectivity index (χ0n) is 13.2. The molecule has 1 aliphatic heterocycles. The third-order valence-electron chi connectivity index (χ3n) is 4.32. The minimum atomic E-state index is -0.0272. The molecule has 2 rings (SSSR count). The Bertz CT molecular complexity index is 425. The van der Waals surface area contributed by atoms with Crippen LogP contribution in [0.1, 0.15) is 46.0 Å². The van der Waals surface area contributed by atoms with Crippen LogP contribution in [0, 0.1) is 5.92 Å². The summed E-state index contributed by atoms with van der Waals surface area (Å²) in [5.41, 5.74) is 2.94. The molecule has 0 aliphatic carbocycles. The standard InChI is InChI=1S/C17H28N2O2/c1-3-5-8-13(4-2)11-14(19-18)17-12-20-15-9-6-7-10-16(15)21-17/h6-7,9-10,13-14,17,19H,3-5,8,11-12,18H2,1-2H3. The Balaban J connectivity index is 1.95. The quantitative estimate of drug-likeness (QED) is 0.570. The van der Waals surface area contributed by atoms with E-state index < -0.39 is 0 Å². The maximum atomic E-state index is 6.07. The number of hydrogen-bond donors (Lipinski definition) is 2. The minimum absolute atomic E-state index is 0.0272. The molecule has 1 aliphatic rings. The van der Waals surface area contributed by atoms with Gasteiger partial charge in [0, 0.05) is 0 Å². The van der Waals surface area contributed by atoms with Gasteiger partial charge in [0.2, 0.25) is 0 Å². The number of rotatable bonds is 8. The second-order valence-electron chi connectivity index (χ2n) is 5.84. The Hall–Kier alpha value is -1.26. The van der Waals surface area contributed by atoms with E-state index in [-0.39, 0.29) is 12.1 Å². The Kier molecular flexibility index (Phi) is 6.33. The van der Waals surface area contributed by atoms with Gasteiger partial charge in [-0.05, 0) is 24.5 Å². The molecule has 21 heavy (non-hydrogen) atoms. The van der Waals surface area contributed by atoms with Gasteiger partial charge in [-0.2, -0.15) is 0 Å². The fraction of sp³-hybridized carbons (Fsp3) is 0.647. The van der Waals surface area contributed by atoms with Crippen molar-refractivity contribution in [1.29, 1.82) is 0 Å². The number of benzene rings is 1. The van der Waals surface area contributed by atoms with Crippen LogP contribution in [0.2, 0.25) is 0 Å². The van der Waals surface area contributed by atoms with Crippen molar-refractivity contribution in [2.24, 2.45) is 11.8 Å². The summed E-state index contributed by atoms with van der Waals surface area (Å²) in [6.45, 7) is 5.04. The molecular formula is C17H28N2O2. The summed E-state index contributed by atoms with van der Waals surface area (Å²) in [4.78, 5) is 0. The topological polar surface area (TPSA) is 56.5 Å². The Labute approximate surface area is 128 Å². The van der Waals surface area contributed by atoms with Crippen molar-refractivity contribution in [2.75, 3.05) is 6.61 Å². The molecule has 0 saturated carbocycles. The highest BCUT2D eigenvalue weighted by molar-refractivity contribution is 5.40. The number of fused-ring (bicyclic) bond motifs is 1. The van der Waals surface area contributed by atoms with Crippen molar-refractivity contribution >= 4 is 0 Å². The van der Waals surface area contributed by atoms with E-state index in [2.05, 4.69) is 19.3 Å². The Morgan fingerprint density at radius 1 is 1.29 bits per heavy atom. The SMILES string of the molecule is CCCCC(CC)CC(NN)C1COc2ccccc2O1. The summed E-state index contributed by atoms with van der Waals surface area (Å²) in [5.74, 6) is 8.09. The third-order valence-corrected chi connectivity index (χ3v) is 4.32. The Morgan fingerprint density at radius 3 is 2.71 bits per heavy atom. The zero-order valence-corrected chi connectivity index (χ0v) is 13.2. The largest absolute Gasteiger partial charge is 0.486 e. The molecule has 0 fully saturated rings. The van der Waals surface area contributed by atoms with Crippen molar-refractivity contribution in [3.05, 3.63) is 24.3 Å². The van der Waals surface area contributed by atoms with Gasteiger partial charge in [0.15, 0.2) is 11.5 Å². The van der Waals surface area contributed by atoms with Crippen LogP contribution >= 0.6 is 0 Å². The van der Waals surface area contributed by atoms with Crippen LogP contribution in [-0.2, 0) is 0 Å². The van der Waals surface area contributed by atoms with Gasteiger partial charge in [-0.15, -0.1) is 0 Å². The lowest BCUT2D eigenvalue weighted by Crippen LogP contribution is -2.51. The van der Waals surface area contributed by atoms with Crippen LogP contribution in [0.5, 0.6) is 11.5 Å². The van der Waals surface area contributed by atoms with E-state index in [0.717, 1.165) is 17.9 Å². The van der Waals surface area contributed by atoms with E-state index in [1.165, 1.54) is 25.7 Å². The van der Waals surface area contributed by atoms with Crippen LogP contribution in [0.25, 0.3) is 0 Å². The van der Waals surface area contributed by atoms with Gasteiger partial charge in [0.05, 0.1) is 6.04 Å². The molecule has 1 heterocycles. The Morgan fingerprint density at radius 2 is 2.05 bits per heavy atom. The fourth-order valence-corrected chi connectivity index (χ4v) is 2.90. The summed E-state index contributed by atoms with van der Waals surface area (Å²) in [7, 11) is 0. The number of unbranched alkanes of at least 4 members (excludes halogenated alkanes) is 1. The van der Waals surface area contributed by atoms with Gasteiger partial charge >= 0.3 is 0 Å². The highest BCUT2D eigenvalue weighted by Gasteiger charge is 2.29. The van der Waals surface area contributed by atoms with E-state index in [0.29, 0.717) is 12.5 Å². The summed E-state index contributed by atoms with van der Waals surface area (Å²) < 4.78 is 11.9. The smallest absolute Gasteiger partial charge is 0.161 e. The first kappa shape index (κ1) is 16.1. The molecule has 0 radical (unpaired) electrons. The lowest BCUT2D eigenvalue weighted by molar-refractivity contribution is 0.0536. The number of hydrazine groups is 1. The predicted molar refractivity (Wildman–Crippen MR) is 85.4 cm³/mol. The molecule has 3 unspecified atom stereocenters. The number of hydrogen-bond acceptors (Lipinski definition) is 4. The molecule has 0 aromatic heterocycles. The first-order valence-electron chi connectivity index (χ1n) is 8.13. The average molecular weight is 292 g/mol. The normalized spacial score (nSPS) is 20.0. The van der Waals surface area contributed by atoms with Gasteiger partial charge in [0.1, 0.15) is 12.7 Å². The van der Waals surface area contributed by atoms with E-state index in [1.807, 2.05) is 24.3 Å². The highest BCUT2D eigenvalue weighted by Crippen LogP contribution is 2.32. The molecule has 4 heteroatoms. The number of nitrogens with two attached hydrogens (primary N) is 1. The average Bonchev–Trinajstić information content (AvgIpc) is 2.55. The molecule has 1 aromatic carbocycles. The van der Waals surface area contributed by atoms with Crippen molar-refractivity contribution in [3.63, 3.8) is 0 Å². The number of nitrogens with one attached hydrogen (secondary N) is 1. The predicted octanol–water partition coefficient (Wildman–Crippen LogP) is 3.26. The second kappa shape index (κ2) is 8.25. The molecule has 0 saturated heterocycles. The molecule has 4 nitrogen and oxygen atoms in total. The van der Waals surface area contributed by atoms with Crippen LogP contribution in [0.3, 0.4) is 0 Å². The van der Waals surface area contributed by atoms with Crippen molar-refractivity contribution < 1.29 is 9.47 Å². The number of ether oxygens (including phenoxy) is 2. The van der Waals surface area contributed by atoms with Gasteiger partial charge in [-0.25, -0.2) is 0 Å². The van der Waals surface area contributed by atoms with Crippen molar-refractivity contribution in [3.8, 4) is 11.5 Å². The molecule has 1 aromatic rings. The van der Waals surface area contributed by atoms with Crippen LogP contribution < -0.4 is 20.7 Å². The molecule has 3 atom stereocenters. The maximum absolute atomic E-state index is 6.07. The summed E-state index contributed by atoms with van der Waals surface area (Å²) in [6.07, 6.45) is 5.97. The number of para-hydroxylation sites is 2. The first-order chi connectivity index (χ1) is 10.3. The maximum Gasteiger partial charge on any atom is 0.161 e. The van der Waals surface area contributed by atoms with Crippen LogP contribution in [0.15, 0.2) is 24.3 Å². The van der Waals surface area contributed by atoms with Crippen LogP contribution in [-0.4, -0.2) is 18.8 Å².